The number of fused-ring (bicyclic) bond motifs is 1. The van der Waals surface area contributed by atoms with Gasteiger partial charge in [0.1, 0.15) is 5.84 Å². The molecule has 0 saturated carbocycles. The van der Waals surface area contributed by atoms with Crippen molar-refractivity contribution in [2.24, 2.45) is 16.8 Å². The van der Waals surface area contributed by atoms with Crippen molar-refractivity contribution in [3.8, 4) is 11.5 Å². The summed E-state index contributed by atoms with van der Waals surface area (Å²) < 4.78 is 5.03. The molecule has 1 aliphatic rings. The number of rotatable bonds is 2. The van der Waals surface area contributed by atoms with Crippen molar-refractivity contribution in [1.29, 1.82) is 0 Å². The summed E-state index contributed by atoms with van der Waals surface area (Å²) in [5.41, 5.74) is 7.67. The van der Waals surface area contributed by atoms with Gasteiger partial charge in [-0.1, -0.05) is 5.16 Å². The average Bonchev–Trinajstić information content (AvgIpc) is 2.69. The van der Waals surface area contributed by atoms with Gasteiger partial charge in [-0.05, 0) is 36.1 Å². The van der Waals surface area contributed by atoms with Crippen LogP contribution in [0.5, 0.6) is 11.5 Å². The lowest BCUT2D eigenvalue weighted by atomic mass is 10.1. The van der Waals surface area contributed by atoms with E-state index >= 15 is 0 Å². The number of methoxy groups -OCH3 is 1. The highest BCUT2D eigenvalue weighted by atomic mass is 35.5. The first-order chi connectivity index (χ1) is 7.65. The first-order valence-electron chi connectivity index (χ1n) is 5.02. The molecule has 94 valence electrons. The zero-order valence-corrected chi connectivity index (χ0v) is 10.2. The van der Waals surface area contributed by atoms with Crippen molar-refractivity contribution in [1.82, 2.24) is 0 Å². The van der Waals surface area contributed by atoms with E-state index in [9.17, 15) is 5.11 Å². The van der Waals surface area contributed by atoms with Crippen molar-refractivity contribution < 1.29 is 15.1 Å². The van der Waals surface area contributed by atoms with Gasteiger partial charge in [-0.2, -0.15) is 0 Å². The topological polar surface area (TPSA) is 88.1 Å². The number of hydrogen-bond donors (Lipinski definition) is 3. The van der Waals surface area contributed by atoms with Crippen LogP contribution in [0.1, 0.15) is 11.1 Å². The molecule has 0 radical (unpaired) electrons. The number of hydrogen-bond acceptors (Lipinski definition) is 4. The third-order valence-corrected chi connectivity index (χ3v) is 2.97. The Labute approximate surface area is 105 Å². The predicted molar refractivity (Wildman–Crippen MR) is 66.2 cm³/mol. The maximum atomic E-state index is 9.62. The molecule has 1 unspecified atom stereocenters. The number of aromatic hydroxyl groups is 1. The number of nitrogens with two attached hydrogens (primary N) is 1. The minimum absolute atomic E-state index is 0. The van der Waals surface area contributed by atoms with Crippen LogP contribution in [0.25, 0.3) is 0 Å². The van der Waals surface area contributed by atoms with Crippen LogP contribution >= 0.6 is 12.4 Å². The number of amidine groups is 1. The lowest BCUT2D eigenvalue weighted by Gasteiger charge is -2.05. The Balaban J connectivity index is 0.00000144. The number of phenols is 1. The Morgan fingerprint density at radius 1 is 1.41 bits per heavy atom. The molecule has 0 saturated heterocycles. The van der Waals surface area contributed by atoms with Crippen molar-refractivity contribution >= 4 is 18.2 Å². The number of ether oxygens (including phenoxy) is 1. The van der Waals surface area contributed by atoms with Crippen molar-refractivity contribution in [3.05, 3.63) is 23.3 Å². The lowest BCUT2D eigenvalue weighted by molar-refractivity contribution is 0.314. The summed E-state index contributed by atoms with van der Waals surface area (Å²) in [7, 11) is 1.51. The second kappa shape index (κ2) is 5.14. The third kappa shape index (κ3) is 2.39. The van der Waals surface area contributed by atoms with Crippen molar-refractivity contribution in [2.45, 2.75) is 12.8 Å². The van der Waals surface area contributed by atoms with E-state index in [0.29, 0.717) is 18.6 Å². The fraction of sp³-hybridized carbons (Fsp3) is 0.364. The highest BCUT2D eigenvalue weighted by Crippen LogP contribution is 2.35. The summed E-state index contributed by atoms with van der Waals surface area (Å²) in [4.78, 5) is 0. The van der Waals surface area contributed by atoms with Gasteiger partial charge in [-0.25, -0.2) is 0 Å². The van der Waals surface area contributed by atoms with E-state index in [1.165, 1.54) is 7.11 Å². The molecule has 1 aromatic rings. The molecular formula is C11H15ClN2O3. The van der Waals surface area contributed by atoms with Gasteiger partial charge in [0.15, 0.2) is 11.5 Å². The van der Waals surface area contributed by atoms with E-state index in [2.05, 4.69) is 5.16 Å². The van der Waals surface area contributed by atoms with Crippen LogP contribution in [-0.2, 0) is 12.8 Å². The second-order valence-electron chi connectivity index (χ2n) is 3.92. The maximum Gasteiger partial charge on any atom is 0.160 e. The van der Waals surface area contributed by atoms with E-state index in [1.807, 2.05) is 0 Å². The number of phenolic OH excluding ortho intramolecular Hbond substituents is 1. The standard InChI is InChI=1S/C11H14N2O3.ClH/c1-16-10-5-7-3-8(11(12)13-15)2-6(7)4-9(10)14;/h4-5,8,14-15H,2-3H2,1H3,(H2,12,13);1H. The summed E-state index contributed by atoms with van der Waals surface area (Å²) in [6.07, 6.45) is 1.39. The highest BCUT2D eigenvalue weighted by Gasteiger charge is 2.26. The number of oxime groups is 1. The fourth-order valence-corrected chi connectivity index (χ4v) is 2.09. The Morgan fingerprint density at radius 2 is 2.00 bits per heavy atom. The molecule has 0 spiro atoms. The Hall–Kier alpha value is -1.62. The van der Waals surface area contributed by atoms with Crippen LogP contribution in [0.4, 0.5) is 0 Å². The zero-order chi connectivity index (χ0) is 11.7. The molecule has 0 aliphatic heterocycles. The van der Waals surface area contributed by atoms with E-state index in [1.54, 1.807) is 12.1 Å². The van der Waals surface area contributed by atoms with Gasteiger partial charge in [-0.15, -0.1) is 12.4 Å². The normalized spacial score (nSPS) is 18.4. The Bertz CT molecular complexity index is 449. The van der Waals surface area contributed by atoms with E-state index in [-0.39, 0.29) is 29.9 Å². The van der Waals surface area contributed by atoms with Gasteiger partial charge in [0.05, 0.1) is 7.11 Å². The molecule has 0 bridgehead atoms. The molecule has 0 amide bonds. The summed E-state index contributed by atoms with van der Waals surface area (Å²) in [5.74, 6) is 0.821. The minimum atomic E-state index is 0. The summed E-state index contributed by atoms with van der Waals surface area (Å²) in [6, 6.07) is 3.48. The highest BCUT2D eigenvalue weighted by molar-refractivity contribution is 5.85. The van der Waals surface area contributed by atoms with Gasteiger partial charge in [0.2, 0.25) is 0 Å². The van der Waals surface area contributed by atoms with E-state index in [0.717, 1.165) is 11.1 Å². The van der Waals surface area contributed by atoms with Gasteiger partial charge < -0.3 is 20.8 Å². The zero-order valence-electron chi connectivity index (χ0n) is 9.38. The SMILES string of the molecule is COc1cc2c(cc1O)CC(/C(N)=N/O)C2.Cl. The van der Waals surface area contributed by atoms with E-state index < -0.39 is 0 Å². The third-order valence-electron chi connectivity index (χ3n) is 2.97. The molecule has 0 fully saturated rings. The molecule has 0 heterocycles. The molecule has 5 nitrogen and oxygen atoms in total. The smallest absolute Gasteiger partial charge is 0.160 e. The molecule has 1 aromatic carbocycles. The molecule has 6 heteroatoms. The Kier molecular flexibility index (Phi) is 4.07. The summed E-state index contributed by atoms with van der Waals surface area (Å²) in [5, 5.41) is 21.3. The summed E-state index contributed by atoms with van der Waals surface area (Å²) >= 11 is 0. The largest absolute Gasteiger partial charge is 0.504 e. The predicted octanol–water partition coefficient (Wildman–Crippen LogP) is 1.28. The minimum Gasteiger partial charge on any atom is -0.504 e. The number of nitrogens with zero attached hydrogens (tertiary/aromatic N) is 1. The first kappa shape index (κ1) is 13.4. The first-order valence-corrected chi connectivity index (χ1v) is 5.02. The maximum absolute atomic E-state index is 9.62. The second-order valence-corrected chi connectivity index (χ2v) is 3.92. The number of benzene rings is 1. The number of halogens is 1. The van der Waals surface area contributed by atoms with Crippen molar-refractivity contribution in [2.75, 3.05) is 7.11 Å². The fourth-order valence-electron chi connectivity index (χ4n) is 2.09. The average molecular weight is 259 g/mol. The molecule has 17 heavy (non-hydrogen) atoms. The van der Waals surface area contributed by atoms with Crippen LogP contribution in [-0.4, -0.2) is 23.3 Å². The molecule has 1 aliphatic carbocycles. The Morgan fingerprint density at radius 3 is 2.53 bits per heavy atom. The van der Waals surface area contributed by atoms with Crippen LogP contribution in [0.15, 0.2) is 17.3 Å². The quantitative estimate of drug-likeness (QED) is 0.323. The lowest BCUT2D eigenvalue weighted by Crippen LogP contribution is -2.23. The summed E-state index contributed by atoms with van der Waals surface area (Å²) in [6.45, 7) is 0. The van der Waals surface area contributed by atoms with Crippen LogP contribution in [0.3, 0.4) is 0 Å². The van der Waals surface area contributed by atoms with Gasteiger partial charge >= 0.3 is 0 Å². The van der Waals surface area contributed by atoms with Gasteiger partial charge in [0, 0.05) is 5.92 Å². The van der Waals surface area contributed by atoms with Crippen LogP contribution in [0.2, 0.25) is 0 Å². The molecule has 0 aromatic heterocycles. The van der Waals surface area contributed by atoms with Crippen LogP contribution in [0, 0.1) is 5.92 Å². The molecule has 4 N–H and O–H groups in total. The van der Waals surface area contributed by atoms with Gasteiger partial charge in [0.25, 0.3) is 0 Å². The molecule has 1 atom stereocenters. The molecule has 2 rings (SSSR count). The van der Waals surface area contributed by atoms with Gasteiger partial charge in [-0.3, -0.25) is 0 Å². The monoisotopic (exact) mass is 258 g/mol. The molecular weight excluding hydrogens is 244 g/mol. The van der Waals surface area contributed by atoms with Crippen LogP contribution < -0.4 is 10.5 Å². The van der Waals surface area contributed by atoms with E-state index in [4.69, 9.17) is 15.7 Å². The van der Waals surface area contributed by atoms with Crippen molar-refractivity contribution in [3.63, 3.8) is 0 Å².